The first-order valence-corrected chi connectivity index (χ1v) is 13.1. The van der Waals surface area contributed by atoms with Gasteiger partial charge in [0.2, 0.25) is 5.91 Å². The lowest BCUT2D eigenvalue weighted by atomic mass is 10.1. The van der Waals surface area contributed by atoms with E-state index in [1.807, 2.05) is 48.5 Å². The fourth-order valence-electron chi connectivity index (χ4n) is 3.21. The maximum absolute atomic E-state index is 13.0. The van der Waals surface area contributed by atoms with Crippen LogP contribution in [0.15, 0.2) is 77.7 Å². The highest BCUT2D eigenvalue weighted by Crippen LogP contribution is 2.36. The Balaban J connectivity index is 1.52. The number of hydrogen-bond donors (Lipinski definition) is 1. The van der Waals surface area contributed by atoms with E-state index in [9.17, 15) is 14.4 Å². The molecule has 6 nitrogen and oxygen atoms in total. The summed E-state index contributed by atoms with van der Waals surface area (Å²) in [7, 11) is 0. The first-order chi connectivity index (χ1) is 16.4. The van der Waals surface area contributed by atoms with Crippen LogP contribution in [0, 0.1) is 7.14 Å². The van der Waals surface area contributed by atoms with Crippen LogP contribution in [-0.2, 0) is 16.2 Å². The number of para-hydroxylation sites is 1. The van der Waals surface area contributed by atoms with Gasteiger partial charge >= 0.3 is 0 Å². The molecule has 3 aromatic carbocycles. The van der Waals surface area contributed by atoms with Gasteiger partial charge in [0.25, 0.3) is 11.1 Å². The minimum atomic E-state index is -0.499. The zero-order chi connectivity index (χ0) is 24.1. The molecule has 4 rings (SSSR count). The number of amides is 3. The van der Waals surface area contributed by atoms with E-state index in [-0.39, 0.29) is 11.4 Å². The van der Waals surface area contributed by atoms with E-state index in [0.717, 1.165) is 29.4 Å². The molecule has 9 heteroatoms. The summed E-state index contributed by atoms with van der Waals surface area (Å²) in [5.41, 5.74) is 2.32. The number of hydrogen-bond acceptors (Lipinski definition) is 5. The van der Waals surface area contributed by atoms with Crippen molar-refractivity contribution < 1.29 is 19.1 Å². The second-order valence-corrected chi connectivity index (χ2v) is 10.7. The Kier molecular flexibility index (Phi) is 8.27. The summed E-state index contributed by atoms with van der Waals surface area (Å²) in [4.78, 5) is 39.1. The normalized spacial score (nSPS) is 14.5. The van der Waals surface area contributed by atoms with Crippen LogP contribution in [0.4, 0.5) is 10.5 Å². The van der Waals surface area contributed by atoms with Crippen molar-refractivity contribution in [1.82, 2.24) is 4.90 Å². The van der Waals surface area contributed by atoms with Crippen molar-refractivity contribution in [2.45, 2.75) is 6.61 Å². The molecule has 0 radical (unpaired) electrons. The molecule has 0 aliphatic carbocycles. The molecule has 0 saturated carbocycles. The molecule has 1 aliphatic heterocycles. The molecule has 0 atom stereocenters. The van der Waals surface area contributed by atoms with Gasteiger partial charge in [-0.05, 0) is 92.8 Å². The van der Waals surface area contributed by atoms with Crippen molar-refractivity contribution in [2.24, 2.45) is 0 Å². The zero-order valence-electron chi connectivity index (χ0n) is 17.7. The minimum Gasteiger partial charge on any atom is -0.487 e. The van der Waals surface area contributed by atoms with Gasteiger partial charge in [0.1, 0.15) is 18.9 Å². The lowest BCUT2D eigenvalue weighted by Crippen LogP contribution is -2.36. The van der Waals surface area contributed by atoms with Gasteiger partial charge in [-0.2, -0.15) is 0 Å². The molecular formula is C25H18I2N2O4S. The molecule has 1 heterocycles. The third-order valence-electron chi connectivity index (χ3n) is 4.78. The van der Waals surface area contributed by atoms with Crippen molar-refractivity contribution in [2.75, 3.05) is 11.9 Å². The van der Waals surface area contributed by atoms with E-state index >= 15 is 0 Å². The van der Waals surface area contributed by atoms with Crippen molar-refractivity contribution in [3.8, 4) is 5.75 Å². The van der Waals surface area contributed by atoms with Gasteiger partial charge in [-0.15, -0.1) is 0 Å². The maximum Gasteiger partial charge on any atom is 0.294 e. The van der Waals surface area contributed by atoms with Gasteiger partial charge in [0.15, 0.2) is 0 Å². The summed E-state index contributed by atoms with van der Waals surface area (Å²) in [5.74, 6) is -0.301. The zero-order valence-corrected chi connectivity index (χ0v) is 22.8. The molecule has 172 valence electrons. The van der Waals surface area contributed by atoms with E-state index in [1.165, 1.54) is 0 Å². The predicted octanol–water partition coefficient (Wildman–Crippen LogP) is 6.15. The Morgan fingerprint density at radius 2 is 1.68 bits per heavy atom. The number of halogens is 2. The lowest BCUT2D eigenvalue weighted by Gasteiger charge is -2.13. The van der Waals surface area contributed by atoms with Gasteiger partial charge in [0, 0.05) is 14.8 Å². The Bertz CT molecular complexity index is 1270. The average molecular weight is 696 g/mol. The van der Waals surface area contributed by atoms with Crippen molar-refractivity contribution >= 4 is 85.8 Å². The summed E-state index contributed by atoms with van der Waals surface area (Å²) in [6.07, 6.45) is 1.66. The number of carbonyl (C=O) groups is 3. The van der Waals surface area contributed by atoms with Crippen LogP contribution in [0.2, 0.25) is 0 Å². The van der Waals surface area contributed by atoms with E-state index in [4.69, 9.17) is 4.74 Å². The molecule has 0 aromatic heterocycles. The minimum absolute atomic E-state index is 0.250. The largest absolute Gasteiger partial charge is 0.487 e. The fourth-order valence-corrected chi connectivity index (χ4v) is 6.09. The number of carbonyl (C=O) groups excluding carboxylic acids is 3. The van der Waals surface area contributed by atoms with Crippen LogP contribution in [0.3, 0.4) is 0 Å². The monoisotopic (exact) mass is 696 g/mol. The van der Waals surface area contributed by atoms with E-state index in [1.54, 1.807) is 30.3 Å². The fraction of sp³-hybridized carbons (Fsp3) is 0.0800. The smallest absolute Gasteiger partial charge is 0.294 e. The SMILES string of the molecule is O=C(CN1C(=O)S/C(=C\c2cc(I)cc(I)c2OCc2ccccc2)C1=O)Nc1ccccc1. The second-order valence-electron chi connectivity index (χ2n) is 7.26. The standard InChI is InChI=1S/C25H18I2N2O4S/c26-18-11-17(23(20(27)13-18)33-15-16-7-3-1-4-8-16)12-21-24(31)29(25(32)34-21)14-22(30)28-19-9-5-2-6-10-19/h1-13H,14-15H2,(H,28,30)/b21-12-. The number of rotatable bonds is 7. The van der Waals surface area contributed by atoms with Crippen LogP contribution in [0.5, 0.6) is 5.75 Å². The molecule has 1 N–H and O–H groups in total. The molecule has 0 bridgehead atoms. The summed E-state index contributed by atoms with van der Waals surface area (Å²) in [6, 6.07) is 22.6. The highest BCUT2D eigenvalue weighted by Gasteiger charge is 2.36. The summed E-state index contributed by atoms with van der Waals surface area (Å²) in [5, 5.41) is 2.21. The molecule has 1 fully saturated rings. The number of thioether (sulfide) groups is 1. The van der Waals surface area contributed by atoms with Crippen molar-refractivity contribution in [3.63, 3.8) is 0 Å². The Morgan fingerprint density at radius 1 is 1.00 bits per heavy atom. The van der Waals surface area contributed by atoms with E-state index in [0.29, 0.717) is 23.6 Å². The van der Waals surface area contributed by atoms with E-state index < -0.39 is 17.1 Å². The first kappa shape index (κ1) is 24.7. The van der Waals surface area contributed by atoms with Gasteiger partial charge in [0.05, 0.1) is 8.48 Å². The maximum atomic E-state index is 13.0. The van der Waals surface area contributed by atoms with Gasteiger partial charge in [-0.3, -0.25) is 19.3 Å². The Labute approximate surface area is 228 Å². The molecule has 0 spiro atoms. The van der Waals surface area contributed by atoms with Crippen LogP contribution in [0.25, 0.3) is 6.08 Å². The molecule has 0 unspecified atom stereocenters. The third-order valence-corrected chi connectivity index (χ3v) is 7.11. The highest BCUT2D eigenvalue weighted by atomic mass is 127. The van der Waals surface area contributed by atoms with Crippen molar-refractivity contribution in [3.05, 3.63) is 96.0 Å². The number of benzene rings is 3. The van der Waals surface area contributed by atoms with Gasteiger partial charge < -0.3 is 10.1 Å². The summed E-state index contributed by atoms with van der Waals surface area (Å²) in [6.45, 7) is 0.0253. The van der Waals surface area contributed by atoms with Crippen LogP contribution < -0.4 is 10.1 Å². The molecule has 1 aliphatic rings. The Morgan fingerprint density at radius 3 is 2.38 bits per heavy atom. The number of nitrogens with one attached hydrogen (secondary N) is 1. The second kappa shape index (κ2) is 11.4. The number of imide groups is 1. The van der Waals surface area contributed by atoms with Crippen LogP contribution in [-0.4, -0.2) is 28.5 Å². The summed E-state index contributed by atoms with van der Waals surface area (Å²) >= 11 is 5.22. The highest BCUT2D eigenvalue weighted by molar-refractivity contribution is 14.1. The number of nitrogens with zero attached hydrogens (tertiary/aromatic N) is 1. The average Bonchev–Trinajstić information content (AvgIpc) is 3.07. The molecular weight excluding hydrogens is 678 g/mol. The first-order valence-electron chi connectivity index (χ1n) is 10.2. The quantitative estimate of drug-likeness (QED) is 0.237. The lowest BCUT2D eigenvalue weighted by molar-refractivity contribution is -0.127. The number of anilines is 1. The van der Waals surface area contributed by atoms with Crippen LogP contribution >= 0.6 is 56.9 Å². The van der Waals surface area contributed by atoms with Gasteiger partial charge in [-0.1, -0.05) is 48.5 Å². The Hall–Kier alpha value is -2.38. The predicted molar refractivity (Wildman–Crippen MR) is 150 cm³/mol. The molecule has 34 heavy (non-hydrogen) atoms. The summed E-state index contributed by atoms with van der Waals surface area (Å²) < 4.78 is 7.97. The van der Waals surface area contributed by atoms with Crippen molar-refractivity contribution in [1.29, 1.82) is 0 Å². The topological polar surface area (TPSA) is 75.7 Å². The molecule has 1 saturated heterocycles. The van der Waals surface area contributed by atoms with Gasteiger partial charge in [-0.25, -0.2) is 0 Å². The molecule has 3 amide bonds. The van der Waals surface area contributed by atoms with E-state index in [2.05, 4.69) is 50.5 Å². The molecule has 3 aromatic rings. The number of ether oxygens (including phenoxy) is 1. The van der Waals surface area contributed by atoms with Crippen LogP contribution in [0.1, 0.15) is 11.1 Å². The third kappa shape index (κ3) is 6.19.